The summed E-state index contributed by atoms with van der Waals surface area (Å²) in [6.07, 6.45) is -2.82. The summed E-state index contributed by atoms with van der Waals surface area (Å²) in [5.74, 6) is 0. The van der Waals surface area contributed by atoms with Gasteiger partial charge in [-0.2, -0.15) is 17.5 Å². The standard InChI is InChI=1S/C15H20F3N3O3S/c1-25(23,24)21-10-8-20(9-11-21)14(22)19-7-6-12-2-4-13(5-3-12)15(16,17)18/h2-5H,6-11H2,1H3,(H,19,22). The lowest BCUT2D eigenvalue weighted by atomic mass is 10.1. The van der Waals surface area contributed by atoms with Crippen molar-refractivity contribution >= 4 is 16.1 Å². The number of carbonyl (C=O) groups excluding carboxylic acids is 1. The number of hydrogen-bond donors (Lipinski definition) is 1. The number of nitrogens with one attached hydrogen (secondary N) is 1. The maximum Gasteiger partial charge on any atom is 0.416 e. The summed E-state index contributed by atoms with van der Waals surface area (Å²) in [6.45, 7) is 1.41. The number of rotatable bonds is 4. The van der Waals surface area contributed by atoms with E-state index in [9.17, 15) is 26.4 Å². The fourth-order valence-corrected chi connectivity index (χ4v) is 3.34. The highest BCUT2D eigenvalue weighted by atomic mass is 32.2. The Kier molecular flexibility index (Phi) is 5.94. The normalized spacial score (nSPS) is 16.7. The predicted molar refractivity (Wildman–Crippen MR) is 86.5 cm³/mol. The average Bonchev–Trinajstić information content (AvgIpc) is 2.54. The smallest absolute Gasteiger partial charge is 0.338 e. The van der Waals surface area contributed by atoms with Crippen molar-refractivity contribution in [2.75, 3.05) is 39.0 Å². The third-order valence-electron chi connectivity index (χ3n) is 3.97. The Labute approximate surface area is 144 Å². The third kappa shape index (κ3) is 5.60. The van der Waals surface area contributed by atoms with Gasteiger partial charge in [0.1, 0.15) is 0 Å². The predicted octanol–water partition coefficient (Wildman–Crippen LogP) is 1.53. The summed E-state index contributed by atoms with van der Waals surface area (Å²) in [7, 11) is -3.25. The van der Waals surface area contributed by atoms with Gasteiger partial charge in [0.25, 0.3) is 0 Å². The molecule has 1 aliphatic heterocycles. The van der Waals surface area contributed by atoms with Crippen LogP contribution in [0.2, 0.25) is 0 Å². The number of amides is 2. The summed E-state index contributed by atoms with van der Waals surface area (Å²) in [6, 6.07) is 4.50. The molecule has 0 bridgehead atoms. The van der Waals surface area contributed by atoms with Crippen LogP contribution in [0.25, 0.3) is 0 Å². The number of halogens is 3. The van der Waals surface area contributed by atoms with Crippen LogP contribution < -0.4 is 5.32 Å². The van der Waals surface area contributed by atoms with E-state index >= 15 is 0 Å². The first-order valence-electron chi connectivity index (χ1n) is 7.71. The average molecular weight is 379 g/mol. The summed E-state index contributed by atoms with van der Waals surface area (Å²) in [4.78, 5) is 13.6. The molecule has 0 spiro atoms. The quantitative estimate of drug-likeness (QED) is 0.863. The molecular formula is C15H20F3N3O3S. The van der Waals surface area contributed by atoms with Gasteiger partial charge in [0, 0.05) is 32.7 Å². The number of alkyl halides is 3. The Morgan fingerprint density at radius 3 is 2.16 bits per heavy atom. The molecule has 140 valence electrons. The SMILES string of the molecule is CS(=O)(=O)N1CCN(C(=O)NCCc2ccc(C(F)(F)F)cc2)CC1. The molecule has 1 aliphatic rings. The zero-order valence-corrected chi connectivity index (χ0v) is 14.5. The van der Waals surface area contributed by atoms with Crippen molar-refractivity contribution in [2.24, 2.45) is 0 Å². The third-order valence-corrected chi connectivity index (χ3v) is 5.27. The molecule has 1 N–H and O–H groups in total. The van der Waals surface area contributed by atoms with Gasteiger partial charge >= 0.3 is 12.2 Å². The van der Waals surface area contributed by atoms with Crippen LogP contribution in [-0.4, -0.2) is 62.6 Å². The number of piperazine rings is 1. The highest BCUT2D eigenvalue weighted by Crippen LogP contribution is 2.29. The number of hydrogen-bond acceptors (Lipinski definition) is 3. The van der Waals surface area contributed by atoms with Crippen molar-refractivity contribution in [3.8, 4) is 0 Å². The van der Waals surface area contributed by atoms with Gasteiger partial charge in [-0.15, -0.1) is 0 Å². The second kappa shape index (κ2) is 7.61. The van der Waals surface area contributed by atoms with Crippen LogP contribution in [0, 0.1) is 0 Å². The van der Waals surface area contributed by atoms with Crippen LogP contribution in [0.4, 0.5) is 18.0 Å². The van der Waals surface area contributed by atoms with E-state index in [1.54, 1.807) is 0 Å². The van der Waals surface area contributed by atoms with E-state index < -0.39 is 21.8 Å². The minimum absolute atomic E-state index is 0.255. The molecule has 1 aromatic rings. The second-order valence-corrected chi connectivity index (χ2v) is 7.81. The van der Waals surface area contributed by atoms with Crippen molar-refractivity contribution in [3.05, 3.63) is 35.4 Å². The monoisotopic (exact) mass is 379 g/mol. The molecule has 6 nitrogen and oxygen atoms in total. The lowest BCUT2D eigenvalue weighted by Gasteiger charge is -2.33. The first-order valence-corrected chi connectivity index (χ1v) is 9.56. The molecule has 1 heterocycles. The molecule has 1 fully saturated rings. The lowest BCUT2D eigenvalue weighted by Crippen LogP contribution is -2.53. The van der Waals surface area contributed by atoms with E-state index in [0.29, 0.717) is 25.1 Å². The van der Waals surface area contributed by atoms with Crippen LogP contribution in [0.15, 0.2) is 24.3 Å². The van der Waals surface area contributed by atoms with Crippen molar-refractivity contribution in [1.29, 1.82) is 0 Å². The molecule has 10 heteroatoms. The van der Waals surface area contributed by atoms with Crippen LogP contribution in [0.3, 0.4) is 0 Å². The first kappa shape index (κ1) is 19.5. The van der Waals surface area contributed by atoms with E-state index in [0.717, 1.165) is 18.4 Å². The van der Waals surface area contributed by atoms with Crippen LogP contribution in [-0.2, 0) is 22.6 Å². The number of sulfonamides is 1. The van der Waals surface area contributed by atoms with Gasteiger partial charge in [-0.25, -0.2) is 13.2 Å². The zero-order valence-electron chi connectivity index (χ0n) is 13.7. The van der Waals surface area contributed by atoms with Crippen LogP contribution >= 0.6 is 0 Å². The second-order valence-electron chi connectivity index (χ2n) is 5.83. The minimum Gasteiger partial charge on any atom is -0.338 e. The Balaban J connectivity index is 1.76. The van der Waals surface area contributed by atoms with Crippen molar-refractivity contribution in [3.63, 3.8) is 0 Å². The Hall–Kier alpha value is -1.81. The van der Waals surface area contributed by atoms with E-state index in [2.05, 4.69) is 5.32 Å². The molecule has 0 aliphatic carbocycles. The lowest BCUT2D eigenvalue weighted by molar-refractivity contribution is -0.137. The van der Waals surface area contributed by atoms with Crippen molar-refractivity contribution in [1.82, 2.24) is 14.5 Å². The summed E-state index contributed by atoms with van der Waals surface area (Å²) >= 11 is 0. The van der Waals surface area contributed by atoms with Gasteiger partial charge in [0.05, 0.1) is 11.8 Å². The topological polar surface area (TPSA) is 69.7 Å². The van der Waals surface area contributed by atoms with Gasteiger partial charge < -0.3 is 10.2 Å². The van der Waals surface area contributed by atoms with Gasteiger partial charge in [-0.3, -0.25) is 0 Å². The van der Waals surface area contributed by atoms with Gasteiger partial charge in [0.2, 0.25) is 10.0 Å². The number of benzene rings is 1. The Bertz CT molecular complexity index is 697. The molecule has 0 atom stereocenters. The maximum absolute atomic E-state index is 12.5. The van der Waals surface area contributed by atoms with E-state index in [1.165, 1.54) is 21.3 Å². The number of carbonyl (C=O) groups is 1. The molecular weight excluding hydrogens is 359 g/mol. The first-order chi connectivity index (χ1) is 11.6. The molecule has 0 unspecified atom stereocenters. The number of urea groups is 1. The zero-order chi connectivity index (χ0) is 18.7. The van der Waals surface area contributed by atoms with Gasteiger partial charge in [0.15, 0.2) is 0 Å². The highest BCUT2D eigenvalue weighted by molar-refractivity contribution is 7.88. The highest BCUT2D eigenvalue weighted by Gasteiger charge is 2.30. The Morgan fingerprint density at radius 1 is 1.12 bits per heavy atom. The summed E-state index contributed by atoms with van der Waals surface area (Å²) in [5, 5.41) is 2.70. The summed E-state index contributed by atoms with van der Waals surface area (Å²) in [5.41, 5.74) is -0.0146. The molecule has 2 rings (SSSR count). The van der Waals surface area contributed by atoms with Crippen molar-refractivity contribution < 1.29 is 26.4 Å². The van der Waals surface area contributed by atoms with Gasteiger partial charge in [-0.05, 0) is 24.1 Å². The van der Waals surface area contributed by atoms with Crippen molar-refractivity contribution in [2.45, 2.75) is 12.6 Å². The molecule has 25 heavy (non-hydrogen) atoms. The number of nitrogens with zero attached hydrogens (tertiary/aromatic N) is 2. The molecule has 0 saturated carbocycles. The molecule has 0 radical (unpaired) electrons. The maximum atomic E-state index is 12.5. The minimum atomic E-state index is -4.36. The van der Waals surface area contributed by atoms with Gasteiger partial charge in [-0.1, -0.05) is 12.1 Å². The molecule has 2 amide bonds. The molecule has 1 saturated heterocycles. The van der Waals surface area contributed by atoms with E-state index in [4.69, 9.17) is 0 Å². The largest absolute Gasteiger partial charge is 0.416 e. The summed E-state index contributed by atoms with van der Waals surface area (Å²) < 4.78 is 61.6. The molecule has 0 aromatic heterocycles. The van der Waals surface area contributed by atoms with Crippen LogP contribution in [0.5, 0.6) is 0 Å². The van der Waals surface area contributed by atoms with E-state index in [-0.39, 0.29) is 25.7 Å². The Morgan fingerprint density at radius 2 is 1.68 bits per heavy atom. The van der Waals surface area contributed by atoms with Crippen LogP contribution in [0.1, 0.15) is 11.1 Å². The van der Waals surface area contributed by atoms with E-state index in [1.807, 2.05) is 0 Å². The molecule has 1 aromatic carbocycles. The fourth-order valence-electron chi connectivity index (χ4n) is 2.51. The fraction of sp³-hybridized carbons (Fsp3) is 0.533.